The van der Waals surface area contributed by atoms with Crippen molar-refractivity contribution in [2.45, 2.75) is 20.3 Å². The maximum absolute atomic E-state index is 10.3. The average molecular weight is 167 g/mol. The molecule has 0 aromatic heterocycles. The summed E-state index contributed by atoms with van der Waals surface area (Å²) in [6.45, 7) is 7.17. The summed E-state index contributed by atoms with van der Waals surface area (Å²) in [5.74, 6) is 0. The van der Waals surface area contributed by atoms with E-state index in [0.717, 1.165) is 12.0 Å². The maximum atomic E-state index is 10.3. The van der Waals surface area contributed by atoms with Gasteiger partial charge < -0.3 is 0 Å². The smallest absolute Gasteiger partial charge is 0.258 e. The van der Waals surface area contributed by atoms with Gasteiger partial charge in [-0.1, -0.05) is 19.6 Å². The molecular weight excluding hydrogens is 154 g/mol. The summed E-state index contributed by atoms with van der Waals surface area (Å²) >= 11 is 0. The van der Waals surface area contributed by atoms with E-state index < -0.39 is 4.92 Å². The van der Waals surface area contributed by atoms with E-state index in [1.807, 2.05) is 19.9 Å². The lowest BCUT2D eigenvalue weighted by molar-refractivity contribution is -0.419. The molecule has 0 N–H and O–H groups in total. The van der Waals surface area contributed by atoms with E-state index in [2.05, 4.69) is 6.58 Å². The van der Waals surface area contributed by atoms with Crippen LogP contribution in [-0.4, -0.2) is 4.92 Å². The molecule has 0 aliphatic heterocycles. The van der Waals surface area contributed by atoms with Crippen LogP contribution in [0.2, 0.25) is 0 Å². The summed E-state index contributed by atoms with van der Waals surface area (Å²) in [5.41, 5.74) is 0.932. The summed E-state index contributed by atoms with van der Waals surface area (Å²) in [6, 6.07) is 0. The number of nitro groups is 1. The van der Waals surface area contributed by atoms with Gasteiger partial charge in [-0.05, 0) is 18.9 Å². The van der Waals surface area contributed by atoms with Crippen molar-refractivity contribution in [2.24, 2.45) is 0 Å². The van der Waals surface area contributed by atoms with Gasteiger partial charge in [-0.2, -0.15) is 0 Å². The Labute approximate surface area is 72.2 Å². The molecule has 12 heavy (non-hydrogen) atoms. The van der Waals surface area contributed by atoms with E-state index in [-0.39, 0.29) is 5.70 Å². The summed E-state index contributed by atoms with van der Waals surface area (Å²) in [7, 11) is 0. The van der Waals surface area contributed by atoms with E-state index in [1.165, 1.54) is 12.2 Å². The van der Waals surface area contributed by atoms with Crippen LogP contribution in [0.15, 0.2) is 36.1 Å². The molecule has 0 amide bonds. The Morgan fingerprint density at radius 2 is 2.25 bits per heavy atom. The molecule has 66 valence electrons. The van der Waals surface area contributed by atoms with Gasteiger partial charge in [0, 0.05) is 12.2 Å². The van der Waals surface area contributed by atoms with Crippen molar-refractivity contribution in [1.29, 1.82) is 0 Å². The molecule has 0 heterocycles. The van der Waals surface area contributed by atoms with E-state index in [4.69, 9.17) is 0 Å². The number of allylic oxidation sites excluding steroid dienone is 4. The fraction of sp³-hybridized carbons (Fsp3) is 0.333. The van der Waals surface area contributed by atoms with Gasteiger partial charge in [0.25, 0.3) is 5.70 Å². The minimum absolute atomic E-state index is 0.0391. The van der Waals surface area contributed by atoms with Gasteiger partial charge in [-0.15, -0.1) is 0 Å². The normalized spacial score (nSPS) is 12.8. The molecule has 3 nitrogen and oxygen atoms in total. The zero-order valence-corrected chi connectivity index (χ0v) is 7.41. The number of nitrogens with zero attached hydrogens (tertiary/aromatic N) is 1. The molecular formula is C9H13NO2. The number of hydrogen-bond acceptors (Lipinski definition) is 2. The molecule has 0 bridgehead atoms. The first-order valence-electron chi connectivity index (χ1n) is 3.77. The molecule has 3 heteroatoms. The predicted octanol–water partition coefficient (Wildman–Crippen LogP) is 2.69. The Kier molecular flexibility index (Phi) is 4.69. The van der Waals surface area contributed by atoms with Crippen molar-refractivity contribution in [3.05, 3.63) is 46.2 Å². The second-order valence-corrected chi connectivity index (χ2v) is 2.39. The Morgan fingerprint density at radius 3 is 2.58 bits per heavy atom. The first-order chi connectivity index (χ1) is 5.61. The molecule has 0 atom stereocenters. The third-order valence-corrected chi connectivity index (χ3v) is 1.32. The van der Waals surface area contributed by atoms with Crippen molar-refractivity contribution < 1.29 is 4.92 Å². The predicted molar refractivity (Wildman–Crippen MR) is 49.3 cm³/mol. The van der Waals surface area contributed by atoms with Crippen molar-refractivity contribution in [3.63, 3.8) is 0 Å². The summed E-state index contributed by atoms with van der Waals surface area (Å²) in [5, 5.41) is 10.3. The first-order valence-corrected chi connectivity index (χ1v) is 3.77. The van der Waals surface area contributed by atoms with Gasteiger partial charge in [0.1, 0.15) is 0 Å². The summed E-state index contributed by atoms with van der Waals surface area (Å²) < 4.78 is 0. The van der Waals surface area contributed by atoms with Crippen LogP contribution in [0.1, 0.15) is 20.3 Å². The van der Waals surface area contributed by atoms with Crippen molar-refractivity contribution in [1.82, 2.24) is 0 Å². The van der Waals surface area contributed by atoms with Crippen molar-refractivity contribution in [2.75, 3.05) is 0 Å². The third kappa shape index (κ3) is 3.71. The number of hydrogen-bond donors (Lipinski definition) is 0. The Morgan fingerprint density at radius 1 is 1.67 bits per heavy atom. The Hall–Kier alpha value is -1.38. The van der Waals surface area contributed by atoms with Gasteiger partial charge in [0.15, 0.2) is 0 Å². The summed E-state index contributed by atoms with van der Waals surface area (Å²) in [4.78, 5) is 9.86. The van der Waals surface area contributed by atoms with Crippen LogP contribution >= 0.6 is 0 Å². The molecule has 0 aromatic carbocycles. The van der Waals surface area contributed by atoms with Gasteiger partial charge in [0.05, 0.1) is 4.92 Å². The topological polar surface area (TPSA) is 43.1 Å². The highest BCUT2D eigenvalue weighted by molar-refractivity contribution is 5.23. The molecule has 0 aliphatic rings. The highest BCUT2D eigenvalue weighted by Gasteiger charge is 2.03. The molecule has 0 saturated carbocycles. The molecule has 0 unspecified atom stereocenters. The van der Waals surface area contributed by atoms with Gasteiger partial charge in [-0.25, -0.2) is 0 Å². The molecule has 0 aromatic rings. The van der Waals surface area contributed by atoms with Crippen LogP contribution < -0.4 is 0 Å². The quantitative estimate of drug-likeness (QED) is 0.367. The minimum atomic E-state index is -0.444. The zero-order valence-electron chi connectivity index (χ0n) is 7.41. The molecule has 0 rings (SSSR count). The number of rotatable bonds is 4. The minimum Gasteiger partial charge on any atom is -0.258 e. The molecule has 0 saturated heterocycles. The van der Waals surface area contributed by atoms with E-state index >= 15 is 0 Å². The standard InChI is InChI=1S/C9H13NO2/c1-4-6-8(3)7-9(5-2)10(11)12/h5-7H,2,4H2,1,3H3/b8-6-,9-7+. The molecule has 0 aliphatic carbocycles. The fourth-order valence-corrected chi connectivity index (χ4v) is 0.800. The van der Waals surface area contributed by atoms with Gasteiger partial charge in [-0.3, -0.25) is 10.1 Å². The highest BCUT2D eigenvalue weighted by Crippen LogP contribution is 2.04. The fourth-order valence-electron chi connectivity index (χ4n) is 0.800. The first kappa shape index (κ1) is 10.6. The van der Waals surface area contributed by atoms with Crippen molar-refractivity contribution >= 4 is 0 Å². The van der Waals surface area contributed by atoms with Crippen LogP contribution in [-0.2, 0) is 0 Å². The molecule has 0 spiro atoms. The summed E-state index contributed by atoms with van der Waals surface area (Å²) in [6.07, 6.45) is 5.56. The van der Waals surface area contributed by atoms with E-state index in [9.17, 15) is 10.1 Å². The monoisotopic (exact) mass is 167 g/mol. The molecule has 0 radical (unpaired) electrons. The van der Waals surface area contributed by atoms with Crippen LogP contribution in [0.4, 0.5) is 0 Å². The van der Waals surface area contributed by atoms with Crippen LogP contribution in [0.25, 0.3) is 0 Å². The van der Waals surface area contributed by atoms with Crippen LogP contribution in [0.5, 0.6) is 0 Å². The Balaban J connectivity index is 4.60. The van der Waals surface area contributed by atoms with Gasteiger partial charge in [0.2, 0.25) is 0 Å². The van der Waals surface area contributed by atoms with Gasteiger partial charge >= 0.3 is 0 Å². The second kappa shape index (κ2) is 5.29. The van der Waals surface area contributed by atoms with E-state index in [1.54, 1.807) is 0 Å². The third-order valence-electron chi connectivity index (χ3n) is 1.32. The van der Waals surface area contributed by atoms with Crippen LogP contribution in [0.3, 0.4) is 0 Å². The lowest BCUT2D eigenvalue weighted by atomic mass is 10.2. The average Bonchev–Trinajstić information content (AvgIpc) is 2.00. The second-order valence-electron chi connectivity index (χ2n) is 2.39. The van der Waals surface area contributed by atoms with Crippen LogP contribution in [0, 0.1) is 10.1 Å². The van der Waals surface area contributed by atoms with Crippen molar-refractivity contribution in [3.8, 4) is 0 Å². The zero-order chi connectivity index (χ0) is 9.56. The highest BCUT2D eigenvalue weighted by atomic mass is 16.6. The lowest BCUT2D eigenvalue weighted by Crippen LogP contribution is -1.94. The Bertz CT molecular complexity index is 239. The van der Waals surface area contributed by atoms with E-state index in [0.29, 0.717) is 0 Å². The lowest BCUT2D eigenvalue weighted by Gasteiger charge is -1.91. The largest absolute Gasteiger partial charge is 0.269 e. The SMILES string of the molecule is C=C/C(=C\C(C)=C/CC)[N+](=O)[O-]. The maximum Gasteiger partial charge on any atom is 0.269 e. The molecule has 0 fully saturated rings.